The highest BCUT2D eigenvalue weighted by Crippen LogP contribution is 2.33. The van der Waals surface area contributed by atoms with Gasteiger partial charge in [-0.2, -0.15) is 0 Å². The Morgan fingerprint density at radius 2 is 1.51 bits per heavy atom. The van der Waals surface area contributed by atoms with Gasteiger partial charge in [0, 0.05) is 17.6 Å². The molecule has 3 rings (SSSR count). The standard InChI is InChI=1S/C29H33Cl2N3O4S/c1-4-21(3)32-29(36)26(5-2)33(19-22-12-8-6-9-13-22)28(35)20-34(27-17-16-23(30)18-25(27)31)39(37,38)24-14-10-7-11-15-24/h6-18,21,26H,4-5,19-20H2,1-3H3,(H,32,36)/t21-,26+/m0/s1. The molecule has 10 heteroatoms. The molecule has 0 saturated carbocycles. The molecule has 3 aromatic carbocycles. The number of sulfonamides is 1. The highest BCUT2D eigenvalue weighted by Gasteiger charge is 2.34. The van der Waals surface area contributed by atoms with Crippen LogP contribution in [-0.2, 0) is 26.2 Å². The van der Waals surface area contributed by atoms with Gasteiger partial charge in [0.25, 0.3) is 10.0 Å². The molecule has 3 aromatic rings. The van der Waals surface area contributed by atoms with Crippen LogP contribution in [0.25, 0.3) is 0 Å². The summed E-state index contributed by atoms with van der Waals surface area (Å²) >= 11 is 12.5. The summed E-state index contributed by atoms with van der Waals surface area (Å²) in [6.45, 7) is 5.23. The Morgan fingerprint density at radius 3 is 2.08 bits per heavy atom. The second-order valence-corrected chi connectivity index (χ2v) is 11.9. The average Bonchev–Trinajstić information content (AvgIpc) is 2.92. The molecule has 0 bridgehead atoms. The number of nitrogens with one attached hydrogen (secondary N) is 1. The molecule has 0 aliphatic carbocycles. The lowest BCUT2D eigenvalue weighted by molar-refractivity contribution is -0.140. The first-order valence-corrected chi connectivity index (χ1v) is 14.9. The summed E-state index contributed by atoms with van der Waals surface area (Å²) in [5.74, 6) is -0.839. The molecule has 208 valence electrons. The van der Waals surface area contributed by atoms with Crippen molar-refractivity contribution in [3.05, 3.63) is 94.5 Å². The summed E-state index contributed by atoms with van der Waals surface area (Å²) in [4.78, 5) is 28.7. The zero-order valence-corrected chi connectivity index (χ0v) is 24.5. The van der Waals surface area contributed by atoms with E-state index in [1.165, 1.54) is 35.2 Å². The Bertz CT molecular complexity index is 1370. The molecule has 39 heavy (non-hydrogen) atoms. The van der Waals surface area contributed by atoms with Crippen LogP contribution in [0.5, 0.6) is 0 Å². The Morgan fingerprint density at radius 1 is 0.897 bits per heavy atom. The lowest BCUT2D eigenvalue weighted by Gasteiger charge is -2.34. The minimum absolute atomic E-state index is 0.0000174. The van der Waals surface area contributed by atoms with Crippen molar-refractivity contribution in [2.24, 2.45) is 0 Å². The first-order valence-electron chi connectivity index (χ1n) is 12.7. The second kappa shape index (κ2) is 13.8. The van der Waals surface area contributed by atoms with Crippen molar-refractivity contribution in [1.82, 2.24) is 10.2 Å². The molecule has 7 nitrogen and oxygen atoms in total. The van der Waals surface area contributed by atoms with Crippen LogP contribution in [0.4, 0.5) is 5.69 Å². The Labute approximate surface area is 240 Å². The summed E-state index contributed by atoms with van der Waals surface area (Å²) in [5.41, 5.74) is 0.915. The number of hydrogen-bond donors (Lipinski definition) is 1. The van der Waals surface area contributed by atoms with E-state index in [4.69, 9.17) is 23.2 Å². The summed E-state index contributed by atoms with van der Waals surface area (Å²) in [6.07, 6.45) is 1.07. The molecule has 0 heterocycles. The molecule has 0 spiro atoms. The van der Waals surface area contributed by atoms with E-state index < -0.39 is 28.5 Å². The van der Waals surface area contributed by atoms with Crippen molar-refractivity contribution in [2.45, 2.75) is 57.1 Å². The molecule has 0 radical (unpaired) electrons. The Kier molecular flexibility index (Phi) is 10.8. The van der Waals surface area contributed by atoms with Crippen molar-refractivity contribution in [3.8, 4) is 0 Å². The van der Waals surface area contributed by atoms with Gasteiger partial charge in [-0.1, -0.05) is 85.6 Å². The topological polar surface area (TPSA) is 86.8 Å². The van der Waals surface area contributed by atoms with E-state index in [-0.39, 0.29) is 34.1 Å². The molecule has 0 fully saturated rings. The maximum atomic E-state index is 14.0. The SMILES string of the molecule is CC[C@H](C(=O)N[C@@H](C)CC)N(Cc1ccccc1)C(=O)CN(c1ccc(Cl)cc1Cl)S(=O)(=O)c1ccccc1. The predicted octanol–water partition coefficient (Wildman–Crippen LogP) is 5.91. The average molecular weight is 591 g/mol. The van der Waals surface area contributed by atoms with Gasteiger partial charge >= 0.3 is 0 Å². The molecular formula is C29H33Cl2N3O4S. The van der Waals surface area contributed by atoms with Crippen LogP contribution in [-0.4, -0.2) is 43.8 Å². The van der Waals surface area contributed by atoms with Gasteiger partial charge in [-0.15, -0.1) is 0 Å². The maximum absolute atomic E-state index is 14.0. The molecule has 2 atom stereocenters. The Hall–Kier alpha value is -3.07. The van der Waals surface area contributed by atoms with Gasteiger partial charge in [0.1, 0.15) is 12.6 Å². The van der Waals surface area contributed by atoms with Crippen molar-refractivity contribution in [2.75, 3.05) is 10.8 Å². The molecule has 0 unspecified atom stereocenters. The Balaban J connectivity index is 2.07. The second-order valence-electron chi connectivity index (χ2n) is 9.17. The minimum Gasteiger partial charge on any atom is -0.352 e. The van der Waals surface area contributed by atoms with E-state index >= 15 is 0 Å². The molecule has 1 N–H and O–H groups in total. The summed E-state index contributed by atoms with van der Waals surface area (Å²) in [5, 5.41) is 3.36. The molecule has 0 aliphatic rings. The van der Waals surface area contributed by atoms with Gasteiger partial charge < -0.3 is 10.2 Å². The van der Waals surface area contributed by atoms with Crippen LogP contribution in [0.3, 0.4) is 0 Å². The molecular weight excluding hydrogens is 557 g/mol. The van der Waals surface area contributed by atoms with Gasteiger partial charge in [-0.3, -0.25) is 13.9 Å². The van der Waals surface area contributed by atoms with E-state index in [9.17, 15) is 18.0 Å². The van der Waals surface area contributed by atoms with Crippen molar-refractivity contribution in [1.29, 1.82) is 0 Å². The third-order valence-electron chi connectivity index (χ3n) is 6.37. The smallest absolute Gasteiger partial charge is 0.264 e. The minimum atomic E-state index is -4.21. The number of hydrogen-bond acceptors (Lipinski definition) is 4. The summed E-state index contributed by atoms with van der Waals surface area (Å²) < 4.78 is 28.6. The van der Waals surface area contributed by atoms with Crippen LogP contribution in [0.1, 0.15) is 39.2 Å². The molecule has 0 aromatic heterocycles. The number of halogens is 2. The van der Waals surface area contributed by atoms with Crippen molar-refractivity contribution in [3.63, 3.8) is 0 Å². The lowest BCUT2D eigenvalue weighted by atomic mass is 10.1. The fourth-order valence-electron chi connectivity index (χ4n) is 4.06. The van der Waals surface area contributed by atoms with E-state index in [1.54, 1.807) is 18.2 Å². The maximum Gasteiger partial charge on any atom is 0.264 e. The number of carbonyl (C=O) groups excluding carboxylic acids is 2. The van der Waals surface area contributed by atoms with Crippen LogP contribution in [0.2, 0.25) is 10.0 Å². The monoisotopic (exact) mass is 589 g/mol. The zero-order valence-electron chi connectivity index (χ0n) is 22.2. The van der Waals surface area contributed by atoms with Gasteiger partial charge in [0.15, 0.2) is 0 Å². The van der Waals surface area contributed by atoms with Crippen molar-refractivity contribution >= 4 is 50.7 Å². The fraction of sp³-hybridized carbons (Fsp3) is 0.310. The number of nitrogens with zero attached hydrogens (tertiary/aromatic N) is 2. The number of carbonyl (C=O) groups is 2. The van der Waals surface area contributed by atoms with E-state index in [2.05, 4.69) is 5.32 Å². The number of anilines is 1. The van der Waals surface area contributed by atoms with Crippen LogP contribution in [0, 0.1) is 0 Å². The van der Waals surface area contributed by atoms with Crippen molar-refractivity contribution < 1.29 is 18.0 Å². The zero-order chi connectivity index (χ0) is 28.6. The van der Waals surface area contributed by atoms with Gasteiger partial charge in [0.2, 0.25) is 11.8 Å². The first-order chi connectivity index (χ1) is 18.6. The number of benzene rings is 3. The molecule has 0 saturated heterocycles. The van der Waals surface area contributed by atoms with E-state index in [0.717, 1.165) is 16.3 Å². The van der Waals surface area contributed by atoms with E-state index in [1.807, 2.05) is 51.1 Å². The summed E-state index contributed by atoms with van der Waals surface area (Å²) in [6, 6.07) is 20.6. The molecule has 0 aliphatic heterocycles. The van der Waals surface area contributed by atoms with Crippen LogP contribution in [0.15, 0.2) is 83.8 Å². The number of rotatable bonds is 12. The highest BCUT2D eigenvalue weighted by atomic mass is 35.5. The normalized spacial score (nSPS) is 12.8. The molecule has 2 amide bonds. The third kappa shape index (κ3) is 7.75. The van der Waals surface area contributed by atoms with Gasteiger partial charge in [-0.05, 0) is 55.7 Å². The van der Waals surface area contributed by atoms with Gasteiger partial charge in [-0.25, -0.2) is 8.42 Å². The fourth-order valence-corrected chi connectivity index (χ4v) is 6.07. The lowest BCUT2D eigenvalue weighted by Crippen LogP contribution is -2.53. The number of amides is 2. The van der Waals surface area contributed by atoms with E-state index in [0.29, 0.717) is 11.4 Å². The predicted molar refractivity (Wildman–Crippen MR) is 156 cm³/mol. The summed E-state index contributed by atoms with van der Waals surface area (Å²) in [7, 11) is -4.21. The third-order valence-corrected chi connectivity index (χ3v) is 8.68. The van der Waals surface area contributed by atoms with Gasteiger partial charge in [0.05, 0.1) is 15.6 Å². The highest BCUT2D eigenvalue weighted by molar-refractivity contribution is 7.92. The first kappa shape index (κ1) is 30.5. The van der Waals surface area contributed by atoms with Crippen LogP contribution < -0.4 is 9.62 Å². The van der Waals surface area contributed by atoms with Crippen LogP contribution >= 0.6 is 23.2 Å². The largest absolute Gasteiger partial charge is 0.352 e. The quantitative estimate of drug-likeness (QED) is 0.284.